The van der Waals surface area contributed by atoms with E-state index in [-0.39, 0.29) is 0 Å². The second kappa shape index (κ2) is 8.63. The van der Waals surface area contributed by atoms with Crippen molar-refractivity contribution >= 4 is 5.82 Å². The van der Waals surface area contributed by atoms with Crippen molar-refractivity contribution < 1.29 is 9.47 Å². The van der Waals surface area contributed by atoms with E-state index in [1.807, 2.05) is 0 Å². The third-order valence-corrected chi connectivity index (χ3v) is 6.13. The van der Waals surface area contributed by atoms with Gasteiger partial charge in [0.15, 0.2) is 5.82 Å². The number of hydrogen-bond acceptors (Lipinski definition) is 6. The van der Waals surface area contributed by atoms with Gasteiger partial charge in [0, 0.05) is 57.9 Å². The molecule has 0 radical (unpaired) electrons. The van der Waals surface area contributed by atoms with Crippen molar-refractivity contribution in [3.63, 3.8) is 0 Å². The second-order valence-corrected chi connectivity index (χ2v) is 7.88. The van der Waals surface area contributed by atoms with Gasteiger partial charge in [0.1, 0.15) is 12.4 Å². The van der Waals surface area contributed by atoms with Crippen LogP contribution in [0.15, 0.2) is 6.07 Å². The molecule has 2 saturated heterocycles. The molecule has 1 saturated carbocycles. The summed E-state index contributed by atoms with van der Waals surface area (Å²) in [7, 11) is 1.71. The lowest BCUT2D eigenvalue weighted by molar-refractivity contribution is 0.147. The highest BCUT2D eigenvalue weighted by Crippen LogP contribution is 2.28. The van der Waals surface area contributed by atoms with Crippen molar-refractivity contribution in [1.29, 1.82) is 0 Å². The molecule has 2 aliphatic heterocycles. The van der Waals surface area contributed by atoms with Crippen molar-refractivity contribution in [3.8, 4) is 0 Å². The maximum atomic E-state index is 5.57. The van der Waals surface area contributed by atoms with Gasteiger partial charge in [-0.15, -0.1) is 0 Å². The van der Waals surface area contributed by atoms with Crippen molar-refractivity contribution in [3.05, 3.63) is 17.6 Å². The van der Waals surface area contributed by atoms with Crippen LogP contribution >= 0.6 is 0 Å². The normalized spacial score (nSPS) is 25.7. The highest BCUT2D eigenvalue weighted by molar-refractivity contribution is 5.41. The summed E-state index contributed by atoms with van der Waals surface area (Å²) in [5, 5.41) is 0. The van der Waals surface area contributed by atoms with Gasteiger partial charge in [0.2, 0.25) is 0 Å². The summed E-state index contributed by atoms with van der Waals surface area (Å²) in [6, 6.07) is 3.00. The minimum Gasteiger partial charge on any atom is -0.381 e. The first-order chi connectivity index (χ1) is 12.8. The minimum absolute atomic E-state index is 0.399. The zero-order valence-corrected chi connectivity index (χ0v) is 16.0. The Morgan fingerprint density at radius 1 is 1.08 bits per heavy atom. The maximum Gasteiger partial charge on any atom is 0.156 e. The molecule has 1 aliphatic carbocycles. The average molecular weight is 361 g/mol. The Morgan fingerprint density at radius 3 is 2.58 bits per heavy atom. The monoisotopic (exact) mass is 360 g/mol. The number of ether oxygens (including phenoxy) is 2. The summed E-state index contributed by atoms with van der Waals surface area (Å²) in [5.74, 6) is 2.26. The molecule has 0 spiro atoms. The Morgan fingerprint density at radius 2 is 1.88 bits per heavy atom. The molecule has 144 valence electrons. The fraction of sp³-hybridized carbons (Fsp3) is 0.800. The topological polar surface area (TPSA) is 50.7 Å². The first kappa shape index (κ1) is 18.1. The molecule has 0 aromatic carbocycles. The van der Waals surface area contributed by atoms with E-state index in [4.69, 9.17) is 19.4 Å². The predicted octanol–water partition coefficient (Wildman–Crippen LogP) is 2.58. The summed E-state index contributed by atoms with van der Waals surface area (Å²) < 4.78 is 10.9. The molecule has 0 N–H and O–H groups in total. The lowest BCUT2D eigenvalue weighted by Gasteiger charge is -2.41. The molecule has 6 heteroatoms. The third kappa shape index (κ3) is 4.18. The second-order valence-electron chi connectivity index (χ2n) is 7.88. The molecule has 3 heterocycles. The van der Waals surface area contributed by atoms with Crippen LogP contribution in [0, 0.1) is 0 Å². The summed E-state index contributed by atoms with van der Waals surface area (Å²) in [5.41, 5.74) is 1.12. The largest absolute Gasteiger partial charge is 0.381 e. The molecule has 3 fully saturated rings. The van der Waals surface area contributed by atoms with Crippen LogP contribution in [0.4, 0.5) is 5.82 Å². The molecule has 0 amide bonds. The molecule has 1 aromatic rings. The van der Waals surface area contributed by atoms with Gasteiger partial charge in [-0.1, -0.05) is 19.3 Å². The molecular weight excluding hydrogens is 328 g/mol. The number of nitrogens with zero attached hydrogens (tertiary/aromatic N) is 4. The highest BCUT2D eigenvalue weighted by atomic mass is 16.5. The first-order valence-electron chi connectivity index (χ1n) is 10.3. The van der Waals surface area contributed by atoms with Crippen LogP contribution in [-0.2, 0) is 16.1 Å². The van der Waals surface area contributed by atoms with E-state index in [0.29, 0.717) is 12.5 Å². The standard InChI is InChI=1S/C20H32N4O2/c1-25-15-19-21-18(16-7-12-26-14-16)13-20(22-19)24-10-8-23(9-11-24)17-5-3-2-4-6-17/h13,16-17H,2-12,14-15H2,1H3/t16-/m0/s1. The molecule has 3 aliphatic rings. The Bertz CT molecular complexity index is 577. The molecule has 0 unspecified atom stereocenters. The fourth-order valence-electron chi connectivity index (χ4n) is 4.60. The van der Waals surface area contributed by atoms with Crippen LogP contribution in [0.2, 0.25) is 0 Å². The Hall–Kier alpha value is -1.24. The van der Waals surface area contributed by atoms with Crippen molar-refractivity contribution in [2.24, 2.45) is 0 Å². The number of piperazine rings is 1. The number of methoxy groups -OCH3 is 1. The van der Waals surface area contributed by atoms with E-state index in [1.54, 1.807) is 7.11 Å². The van der Waals surface area contributed by atoms with Gasteiger partial charge < -0.3 is 14.4 Å². The molecule has 4 rings (SSSR count). The molecule has 1 aromatic heterocycles. The van der Waals surface area contributed by atoms with Crippen LogP contribution < -0.4 is 4.90 Å². The first-order valence-corrected chi connectivity index (χ1v) is 10.3. The van der Waals surface area contributed by atoms with E-state index >= 15 is 0 Å². The number of rotatable bonds is 5. The van der Waals surface area contributed by atoms with Crippen LogP contribution in [0.5, 0.6) is 0 Å². The molecule has 6 nitrogen and oxygen atoms in total. The highest BCUT2D eigenvalue weighted by Gasteiger charge is 2.27. The van der Waals surface area contributed by atoms with Gasteiger partial charge >= 0.3 is 0 Å². The summed E-state index contributed by atoms with van der Waals surface area (Å²) in [6.45, 7) is 6.49. The van der Waals surface area contributed by atoms with E-state index in [9.17, 15) is 0 Å². The fourth-order valence-corrected chi connectivity index (χ4v) is 4.60. The van der Waals surface area contributed by atoms with Crippen LogP contribution in [0.3, 0.4) is 0 Å². The molecule has 1 atom stereocenters. The van der Waals surface area contributed by atoms with Gasteiger partial charge in [0.25, 0.3) is 0 Å². The van der Waals surface area contributed by atoms with E-state index in [2.05, 4.69) is 15.9 Å². The summed E-state index contributed by atoms with van der Waals surface area (Å²) in [6.07, 6.45) is 8.06. The SMILES string of the molecule is COCc1nc([C@H]2CCOC2)cc(N2CCN(C3CCCCC3)CC2)n1. The Balaban J connectivity index is 1.44. The van der Waals surface area contributed by atoms with E-state index in [1.165, 1.54) is 32.1 Å². The molecule has 0 bridgehead atoms. The number of anilines is 1. The van der Waals surface area contributed by atoms with Crippen LogP contribution in [0.25, 0.3) is 0 Å². The number of aromatic nitrogens is 2. The van der Waals surface area contributed by atoms with Crippen molar-refractivity contribution in [2.75, 3.05) is 51.4 Å². The van der Waals surface area contributed by atoms with Crippen LogP contribution in [-0.4, -0.2) is 67.4 Å². The van der Waals surface area contributed by atoms with Gasteiger partial charge in [-0.2, -0.15) is 0 Å². The zero-order valence-electron chi connectivity index (χ0n) is 16.0. The lowest BCUT2D eigenvalue weighted by atomic mass is 9.94. The maximum absolute atomic E-state index is 5.57. The third-order valence-electron chi connectivity index (χ3n) is 6.13. The smallest absolute Gasteiger partial charge is 0.156 e. The lowest BCUT2D eigenvalue weighted by Crippen LogP contribution is -2.51. The number of hydrogen-bond donors (Lipinski definition) is 0. The summed E-state index contributed by atoms with van der Waals surface area (Å²) in [4.78, 5) is 14.7. The summed E-state index contributed by atoms with van der Waals surface area (Å²) >= 11 is 0. The van der Waals surface area contributed by atoms with Gasteiger partial charge in [-0.3, -0.25) is 4.90 Å². The average Bonchev–Trinajstić information content (AvgIpc) is 3.24. The minimum atomic E-state index is 0.399. The predicted molar refractivity (Wildman–Crippen MR) is 102 cm³/mol. The van der Waals surface area contributed by atoms with Gasteiger partial charge in [-0.05, 0) is 19.3 Å². The van der Waals surface area contributed by atoms with Gasteiger partial charge in [0.05, 0.1) is 12.3 Å². The quantitative estimate of drug-likeness (QED) is 0.804. The zero-order chi connectivity index (χ0) is 17.8. The van der Waals surface area contributed by atoms with E-state index < -0.39 is 0 Å². The van der Waals surface area contributed by atoms with Gasteiger partial charge in [-0.25, -0.2) is 9.97 Å². The molecule has 26 heavy (non-hydrogen) atoms. The Labute approximate surface area is 156 Å². The van der Waals surface area contributed by atoms with Crippen molar-refractivity contribution in [2.45, 2.75) is 57.1 Å². The van der Waals surface area contributed by atoms with Crippen LogP contribution in [0.1, 0.15) is 56.0 Å². The Kier molecular flexibility index (Phi) is 6.02. The van der Waals surface area contributed by atoms with E-state index in [0.717, 1.165) is 69.2 Å². The molecular formula is C20H32N4O2. The van der Waals surface area contributed by atoms with Crippen molar-refractivity contribution in [1.82, 2.24) is 14.9 Å².